The number of piperidine rings is 1. The highest BCUT2D eigenvalue weighted by Crippen LogP contribution is 2.23. The van der Waals surface area contributed by atoms with Crippen molar-refractivity contribution in [3.05, 3.63) is 57.2 Å². The second-order valence-corrected chi connectivity index (χ2v) is 7.17. The van der Waals surface area contributed by atoms with Crippen LogP contribution in [0.1, 0.15) is 30.4 Å². The second-order valence-electron chi connectivity index (χ2n) is 6.25. The van der Waals surface area contributed by atoms with Crippen LogP contribution in [0.5, 0.6) is 0 Å². The Kier molecular flexibility index (Phi) is 4.24. The maximum atomic E-state index is 13.1. The lowest BCUT2D eigenvalue weighted by atomic mass is 10.1. The lowest BCUT2D eigenvalue weighted by Gasteiger charge is -2.29. The molecule has 5 nitrogen and oxygen atoms in total. The Hall–Kier alpha value is -2.65. The molecule has 0 amide bonds. The molecule has 4 rings (SSSR count). The maximum Gasteiger partial charge on any atom is 0.273 e. The highest BCUT2D eigenvalue weighted by molar-refractivity contribution is 7.17. The van der Waals surface area contributed by atoms with E-state index in [0.717, 1.165) is 43.0 Å². The van der Waals surface area contributed by atoms with Crippen molar-refractivity contribution in [2.24, 2.45) is 0 Å². The fourth-order valence-electron chi connectivity index (χ4n) is 3.35. The van der Waals surface area contributed by atoms with Gasteiger partial charge >= 0.3 is 0 Å². The summed E-state index contributed by atoms with van der Waals surface area (Å²) < 4.78 is 2.41. The zero-order valence-corrected chi connectivity index (χ0v) is 14.6. The second kappa shape index (κ2) is 6.69. The number of fused-ring (bicyclic) bond motifs is 1. The van der Waals surface area contributed by atoms with Gasteiger partial charge in [0.15, 0.2) is 0 Å². The summed E-state index contributed by atoms with van der Waals surface area (Å²) in [7, 11) is 0. The first-order valence-electron chi connectivity index (χ1n) is 8.49. The Morgan fingerprint density at radius 2 is 1.96 bits per heavy atom. The van der Waals surface area contributed by atoms with Gasteiger partial charge in [0.05, 0.1) is 23.7 Å². The predicted octanol–water partition coefficient (Wildman–Crippen LogP) is 3.37. The topological polar surface area (TPSA) is 61.9 Å². The first-order chi connectivity index (χ1) is 12.3. The van der Waals surface area contributed by atoms with Crippen molar-refractivity contribution in [3.8, 4) is 6.07 Å². The molecule has 1 aliphatic heterocycles. The largest absolute Gasteiger partial charge is 0.342 e. The van der Waals surface area contributed by atoms with Gasteiger partial charge in [-0.1, -0.05) is 18.2 Å². The Labute approximate surface area is 149 Å². The third kappa shape index (κ3) is 2.92. The minimum absolute atomic E-state index is 0.0201. The third-order valence-corrected chi connectivity index (χ3v) is 5.54. The lowest BCUT2D eigenvalue weighted by molar-refractivity contribution is 0.553. The molecule has 3 aromatic rings. The van der Waals surface area contributed by atoms with E-state index in [9.17, 15) is 10.1 Å². The molecular formula is C19H18N4OS. The van der Waals surface area contributed by atoms with Crippen LogP contribution in [0.2, 0.25) is 0 Å². The van der Waals surface area contributed by atoms with Crippen LogP contribution in [0.15, 0.2) is 40.5 Å². The number of hydrogen-bond acceptors (Lipinski definition) is 5. The number of thiophene rings is 1. The molecule has 1 saturated heterocycles. The van der Waals surface area contributed by atoms with Crippen LogP contribution in [0.3, 0.4) is 0 Å². The number of benzene rings is 1. The van der Waals surface area contributed by atoms with Gasteiger partial charge in [0.2, 0.25) is 5.95 Å². The van der Waals surface area contributed by atoms with E-state index in [4.69, 9.17) is 4.98 Å². The van der Waals surface area contributed by atoms with E-state index in [1.54, 1.807) is 10.6 Å². The first kappa shape index (κ1) is 15.9. The van der Waals surface area contributed by atoms with Gasteiger partial charge in [-0.25, -0.2) is 4.98 Å². The van der Waals surface area contributed by atoms with Crippen LogP contribution in [-0.2, 0) is 6.54 Å². The predicted molar refractivity (Wildman–Crippen MR) is 100 cm³/mol. The molecule has 0 bridgehead atoms. The van der Waals surface area contributed by atoms with Crippen LogP contribution < -0.4 is 10.5 Å². The molecule has 0 aliphatic carbocycles. The average Bonchev–Trinajstić information content (AvgIpc) is 3.14. The summed E-state index contributed by atoms with van der Waals surface area (Å²) in [6.07, 6.45) is 3.46. The van der Waals surface area contributed by atoms with E-state index in [1.807, 2.05) is 29.6 Å². The van der Waals surface area contributed by atoms with Crippen molar-refractivity contribution in [2.75, 3.05) is 18.0 Å². The van der Waals surface area contributed by atoms with E-state index >= 15 is 0 Å². The highest BCUT2D eigenvalue weighted by atomic mass is 32.1. The molecule has 0 spiro atoms. The number of rotatable bonds is 3. The summed E-state index contributed by atoms with van der Waals surface area (Å²) in [6.45, 7) is 2.21. The Morgan fingerprint density at radius 1 is 1.16 bits per heavy atom. The van der Waals surface area contributed by atoms with Gasteiger partial charge in [0.1, 0.15) is 4.70 Å². The molecule has 0 radical (unpaired) electrons. The van der Waals surface area contributed by atoms with Gasteiger partial charge in [-0.15, -0.1) is 11.3 Å². The van der Waals surface area contributed by atoms with E-state index in [1.165, 1.54) is 17.8 Å². The molecule has 1 aromatic carbocycles. The fraction of sp³-hybridized carbons (Fsp3) is 0.316. The molecule has 0 saturated carbocycles. The van der Waals surface area contributed by atoms with Crippen molar-refractivity contribution in [2.45, 2.75) is 25.8 Å². The van der Waals surface area contributed by atoms with Gasteiger partial charge < -0.3 is 4.90 Å². The fourth-order valence-corrected chi connectivity index (χ4v) is 4.13. The van der Waals surface area contributed by atoms with Crippen LogP contribution >= 0.6 is 11.3 Å². The standard InChI is InChI=1S/C19H18N4OS/c20-12-14-6-2-3-7-15(14)13-23-18(24)17-16(8-11-25-17)21-19(23)22-9-4-1-5-10-22/h2-3,6-8,11H,1,4-5,9-10,13H2. The molecule has 2 aromatic heterocycles. The van der Waals surface area contributed by atoms with Crippen LogP contribution in [-0.4, -0.2) is 22.6 Å². The van der Waals surface area contributed by atoms with Crippen molar-refractivity contribution in [1.82, 2.24) is 9.55 Å². The van der Waals surface area contributed by atoms with Gasteiger partial charge in [-0.05, 0) is 42.3 Å². The number of hydrogen-bond donors (Lipinski definition) is 0. The van der Waals surface area contributed by atoms with Crippen molar-refractivity contribution in [1.29, 1.82) is 5.26 Å². The molecule has 25 heavy (non-hydrogen) atoms. The van der Waals surface area contributed by atoms with Gasteiger partial charge in [0.25, 0.3) is 5.56 Å². The molecule has 6 heteroatoms. The minimum Gasteiger partial charge on any atom is -0.342 e. The smallest absolute Gasteiger partial charge is 0.273 e. The molecular weight excluding hydrogens is 332 g/mol. The lowest BCUT2D eigenvalue weighted by Crippen LogP contribution is -2.36. The minimum atomic E-state index is -0.0201. The normalized spacial score (nSPS) is 14.6. The van der Waals surface area contributed by atoms with E-state index in [-0.39, 0.29) is 5.56 Å². The number of aromatic nitrogens is 2. The number of nitrogens with zero attached hydrogens (tertiary/aromatic N) is 4. The number of anilines is 1. The molecule has 0 unspecified atom stereocenters. The maximum absolute atomic E-state index is 13.1. The molecule has 0 N–H and O–H groups in total. The first-order valence-corrected chi connectivity index (χ1v) is 9.37. The average molecular weight is 350 g/mol. The number of nitriles is 1. The molecule has 1 fully saturated rings. The van der Waals surface area contributed by atoms with Gasteiger partial charge in [-0.3, -0.25) is 9.36 Å². The Balaban J connectivity index is 1.87. The summed E-state index contributed by atoms with van der Waals surface area (Å²) >= 11 is 1.42. The summed E-state index contributed by atoms with van der Waals surface area (Å²) in [4.78, 5) is 20.1. The molecule has 126 valence electrons. The van der Waals surface area contributed by atoms with Gasteiger partial charge in [0, 0.05) is 13.1 Å². The van der Waals surface area contributed by atoms with Crippen LogP contribution in [0, 0.1) is 11.3 Å². The quantitative estimate of drug-likeness (QED) is 0.726. The zero-order chi connectivity index (χ0) is 17.2. The Morgan fingerprint density at radius 3 is 2.76 bits per heavy atom. The molecule has 3 heterocycles. The third-order valence-electron chi connectivity index (χ3n) is 4.65. The van der Waals surface area contributed by atoms with E-state index < -0.39 is 0 Å². The van der Waals surface area contributed by atoms with Crippen LogP contribution in [0.4, 0.5) is 5.95 Å². The van der Waals surface area contributed by atoms with Crippen LogP contribution in [0.25, 0.3) is 10.2 Å². The monoisotopic (exact) mass is 350 g/mol. The molecule has 0 atom stereocenters. The molecule has 1 aliphatic rings. The van der Waals surface area contributed by atoms with Gasteiger partial charge in [-0.2, -0.15) is 5.26 Å². The van der Waals surface area contributed by atoms with E-state index in [2.05, 4.69) is 11.0 Å². The highest BCUT2D eigenvalue weighted by Gasteiger charge is 2.20. The zero-order valence-electron chi connectivity index (χ0n) is 13.8. The SMILES string of the molecule is N#Cc1ccccc1Cn1c(N2CCCCC2)nc2ccsc2c1=O. The Bertz CT molecular complexity index is 1010. The van der Waals surface area contributed by atoms with E-state index in [0.29, 0.717) is 16.8 Å². The summed E-state index contributed by atoms with van der Waals surface area (Å²) in [6, 6.07) is 11.6. The van der Waals surface area contributed by atoms with Crippen molar-refractivity contribution < 1.29 is 0 Å². The summed E-state index contributed by atoms with van der Waals surface area (Å²) in [5, 5.41) is 11.3. The summed E-state index contributed by atoms with van der Waals surface area (Å²) in [5.41, 5.74) is 2.20. The summed E-state index contributed by atoms with van der Waals surface area (Å²) in [5.74, 6) is 0.725. The van der Waals surface area contributed by atoms with Crippen molar-refractivity contribution in [3.63, 3.8) is 0 Å². The van der Waals surface area contributed by atoms with Crippen molar-refractivity contribution >= 4 is 27.5 Å².